The van der Waals surface area contributed by atoms with Crippen LogP contribution >= 0.6 is 27.3 Å². The highest BCUT2D eigenvalue weighted by Crippen LogP contribution is 2.18. The first kappa shape index (κ1) is 5.80. The second-order valence-corrected chi connectivity index (χ2v) is 2.70. The Morgan fingerprint density at radius 1 is 1.88 bits per heavy atom. The molecule has 1 heterocycles. The molecule has 0 aromatic carbocycles. The summed E-state index contributed by atoms with van der Waals surface area (Å²) in [6.45, 7) is 0. The molecule has 0 saturated carbocycles. The van der Waals surface area contributed by atoms with Gasteiger partial charge in [0, 0.05) is 9.85 Å². The third kappa shape index (κ3) is 0.908. The first-order valence-electron chi connectivity index (χ1n) is 1.89. The molecule has 1 aromatic rings. The molecule has 1 rings (SSSR count). The van der Waals surface area contributed by atoms with Crippen molar-refractivity contribution in [2.45, 2.75) is 0 Å². The van der Waals surface area contributed by atoms with Gasteiger partial charge in [0.05, 0.1) is 10.9 Å². The maximum Gasteiger partial charge on any atom is 0.102 e. The number of thiophene rings is 1. The first-order valence-corrected chi connectivity index (χ1v) is 3.56. The summed E-state index contributed by atoms with van der Waals surface area (Å²) in [6, 6.07) is 1.98. The molecule has 0 aliphatic carbocycles. The highest BCUT2D eigenvalue weighted by molar-refractivity contribution is 9.10. The zero-order valence-corrected chi connectivity index (χ0v) is 6.21. The molecule has 1 aromatic heterocycles. The van der Waals surface area contributed by atoms with E-state index in [1.165, 1.54) is 11.3 Å². The molecular formula is C5HBrNS. The fourth-order valence-corrected chi connectivity index (χ4v) is 1.48. The van der Waals surface area contributed by atoms with Crippen LogP contribution in [0, 0.1) is 16.7 Å². The van der Waals surface area contributed by atoms with E-state index in [-0.39, 0.29) is 0 Å². The number of nitrogens with zero attached hydrogens (tertiary/aromatic N) is 1. The number of hydrogen-bond acceptors (Lipinski definition) is 2. The number of hydrogen-bond donors (Lipinski definition) is 0. The number of rotatable bonds is 0. The van der Waals surface area contributed by atoms with E-state index in [1.807, 2.05) is 11.4 Å². The molecule has 0 spiro atoms. The van der Waals surface area contributed by atoms with Crippen LogP contribution in [0.1, 0.15) is 5.56 Å². The molecule has 1 radical (unpaired) electrons. The topological polar surface area (TPSA) is 23.8 Å². The van der Waals surface area contributed by atoms with E-state index in [4.69, 9.17) is 5.26 Å². The molecule has 0 aliphatic heterocycles. The summed E-state index contributed by atoms with van der Waals surface area (Å²) >= 11 is 4.58. The van der Waals surface area contributed by atoms with Gasteiger partial charge in [-0.3, -0.25) is 0 Å². The second kappa shape index (κ2) is 2.29. The summed E-state index contributed by atoms with van der Waals surface area (Å²) in [5, 5.41) is 12.9. The van der Waals surface area contributed by atoms with Gasteiger partial charge in [0.1, 0.15) is 6.07 Å². The Balaban J connectivity index is 3.15. The van der Waals surface area contributed by atoms with Crippen molar-refractivity contribution in [1.82, 2.24) is 0 Å². The van der Waals surface area contributed by atoms with Crippen molar-refractivity contribution in [3.05, 3.63) is 20.8 Å². The maximum absolute atomic E-state index is 8.30. The van der Waals surface area contributed by atoms with Crippen molar-refractivity contribution in [3.8, 4) is 6.07 Å². The zero-order valence-electron chi connectivity index (χ0n) is 3.81. The van der Waals surface area contributed by atoms with Gasteiger partial charge in [-0.15, -0.1) is 11.3 Å². The lowest BCUT2D eigenvalue weighted by molar-refractivity contribution is 1.50. The zero-order chi connectivity index (χ0) is 5.98. The molecule has 0 fully saturated rings. The molecule has 0 saturated heterocycles. The molecule has 3 heteroatoms. The van der Waals surface area contributed by atoms with Crippen molar-refractivity contribution in [2.24, 2.45) is 0 Å². The van der Waals surface area contributed by atoms with Gasteiger partial charge in [-0.1, -0.05) is 0 Å². The maximum atomic E-state index is 8.30. The molecule has 0 N–H and O–H groups in total. The highest BCUT2D eigenvalue weighted by atomic mass is 79.9. The van der Waals surface area contributed by atoms with Crippen LogP contribution in [0.5, 0.6) is 0 Å². The Bertz CT molecular complexity index is 223. The summed E-state index contributed by atoms with van der Waals surface area (Å²) in [7, 11) is 0. The monoisotopic (exact) mass is 186 g/mol. The smallest absolute Gasteiger partial charge is 0.102 e. The fraction of sp³-hybridized carbons (Fsp3) is 0. The van der Waals surface area contributed by atoms with Gasteiger partial charge in [-0.2, -0.15) is 5.26 Å². The van der Waals surface area contributed by atoms with E-state index in [0.717, 1.165) is 4.47 Å². The van der Waals surface area contributed by atoms with Crippen molar-refractivity contribution in [1.29, 1.82) is 5.26 Å². The van der Waals surface area contributed by atoms with Gasteiger partial charge in [0.2, 0.25) is 0 Å². The van der Waals surface area contributed by atoms with Gasteiger partial charge in [0.15, 0.2) is 0 Å². The predicted octanol–water partition coefficient (Wildman–Crippen LogP) is 2.18. The van der Waals surface area contributed by atoms with Gasteiger partial charge >= 0.3 is 0 Å². The van der Waals surface area contributed by atoms with Crippen molar-refractivity contribution < 1.29 is 0 Å². The van der Waals surface area contributed by atoms with Crippen LogP contribution in [0.3, 0.4) is 0 Å². The molecule has 0 aliphatic rings. The quantitative estimate of drug-likeness (QED) is 0.610. The molecule has 0 unspecified atom stereocenters. The minimum absolute atomic E-state index is 0.593. The van der Waals surface area contributed by atoms with E-state index in [2.05, 4.69) is 21.3 Å². The van der Waals surface area contributed by atoms with Crippen LogP contribution in [0.2, 0.25) is 0 Å². The van der Waals surface area contributed by atoms with E-state index in [9.17, 15) is 0 Å². The van der Waals surface area contributed by atoms with Crippen molar-refractivity contribution >= 4 is 27.3 Å². The average Bonchev–Trinajstić information content (AvgIpc) is 2.14. The Kier molecular flexibility index (Phi) is 1.66. The van der Waals surface area contributed by atoms with Crippen molar-refractivity contribution in [2.75, 3.05) is 0 Å². The molecule has 1 nitrogen and oxygen atoms in total. The SMILES string of the molecule is N#Cc1[c]scc1Br. The Hall–Kier alpha value is -0.330. The average molecular weight is 187 g/mol. The Labute approximate surface area is 59.7 Å². The minimum atomic E-state index is 0.593. The molecule has 39 valence electrons. The van der Waals surface area contributed by atoms with Crippen LogP contribution in [0.25, 0.3) is 0 Å². The lowest BCUT2D eigenvalue weighted by atomic mass is 10.4. The lowest BCUT2D eigenvalue weighted by Crippen LogP contribution is -1.62. The highest BCUT2D eigenvalue weighted by Gasteiger charge is 1.96. The number of nitriles is 1. The molecular weight excluding hydrogens is 186 g/mol. The second-order valence-electron chi connectivity index (χ2n) is 1.17. The standard InChI is InChI=1S/C5HBrNS/c6-5-3-8-2-4(5)1-7/h3H. The van der Waals surface area contributed by atoms with Crippen LogP contribution in [-0.2, 0) is 0 Å². The largest absolute Gasteiger partial charge is 0.192 e. The minimum Gasteiger partial charge on any atom is -0.192 e. The summed E-state index contributed by atoms with van der Waals surface area (Å²) in [5.41, 5.74) is 0.593. The predicted molar refractivity (Wildman–Crippen MR) is 35.6 cm³/mol. The summed E-state index contributed by atoms with van der Waals surface area (Å²) in [5.74, 6) is 0. The summed E-state index contributed by atoms with van der Waals surface area (Å²) < 4.78 is 0.838. The van der Waals surface area contributed by atoms with E-state index in [1.54, 1.807) is 0 Å². The molecule has 8 heavy (non-hydrogen) atoms. The fourth-order valence-electron chi connectivity index (χ4n) is 0.324. The summed E-state index contributed by atoms with van der Waals surface area (Å²) in [4.78, 5) is 0. The lowest BCUT2D eigenvalue weighted by Gasteiger charge is -1.73. The van der Waals surface area contributed by atoms with Gasteiger partial charge in [-0.05, 0) is 15.9 Å². The van der Waals surface area contributed by atoms with E-state index >= 15 is 0 Å². The third-order valence-corrected chi connectivity index (χ3v) is 2.28. The summed E-state index contributed by atoms with van der Waals surface area (Å²) in [6.07, 6.45) is 0. The van der Waals surface area contributed by atoms with Crippen molar-refractivity contribution in [3.63, 3.8) is 0 Å². The Morgan fingerprint density at radius 3 is 2.88 bits per heavy atom. The molecule has 0 amide bonds. The van der Waals surface area contributed by atoms with E-state index < -0.39 is 0 Å². The number of halogens is 1. The first-order chi connectivity index (χ1) is 3.84. The van der Waals surface area contributed by atoms with Crippen LogP contribution in [-0.4, -0.2) is 0 Å². The van der Waals surface area contributed by atoms with Crippen LogP contribution < -0.4 is 0 Å². The normalized spacial score (nSPS) is 8.50. The van der Waals surface area contributed by atoms with Gasteiger partial charge in [-0.25, -0.2) is 0 Å². The van der Waals surface area contributed by atoms with E-state index in [0.29, 0.717) is 5.56 Å². The van der Waals surface area contributed by atoms with Crippen LogP contribution in [0.4, 0.5) is 0 Å². The Morgan fingerprint density at radius 2 is 2.62 bits per heavy atom. The van der Waals surface area contributed by atoms with Gasteiger partial charge in [0.25, 0.3) is 0 Å². The van der Waals surface area contributed by atoms with Crippen LogP contribution in [0.15, 0.2) is 9.85 Å². The molecule has 0 atom stereocenters. The molecule has 0 bridgehead atoms. The van der Waals surface area contributed by atoms with Gasteiger partial charge < -0.3 is 0 Å². The third-order valence-electron chi connectivity index (χ3n) is 0.674.